The number of aromatic hydroxyl groups is 3. The molecule has 1 aliphatic rings. The topological polar surface area (TPSA) is 161 Å². The second-order valence-electron chi connectivity index (χ2n) is 7.29. The Bertz CT molecular complexity index is 1150. The molecule has 0 aliphatic carbocycles. The molecule has 0 amide bonds. The van der Waals surface area contributed by atoms with Crippen molar-refractivity contribution in [2.45, 2.75) is 37.4 Å². The minimum absolute atomic E-state index is 0.0122. The molecule has 0 bridgehead atoms. The normalized spacial score (nSPS) is 26.7. The number of aliphatic hydroxyl groups excluding tert-OH is 3. The Balaban J connectivity index is 1.97. The molecule has 9 nitrogen and oxygen atoms in total. The average molecular weight is 416 g/mol. The van der Waals surface area contributed by atoms with Crippen molar-refractivity contribution in [2.75, 3.05) is 0 Å². The minimum Gasteiger partial charge on any atom is -0.508 e. The van der Waals surface area contributed by atoms with Gasteiger partial charge in [0.25, 0.3) is 0 Å². The Morgan fingerprint density at radius 1 is 0.867 bits per heavy atom. The summed E-state index contributed by atoms with van der Waals surface area (Å²) in [4.78, 5) is 12.7. The molecule has 1 aromatic heterocycles. The lowest BCUT2D eigenvalue weighted by Gasteiger charge is -2.39. The van der Waals surface area contributed by atoms with Gasteiger partial charge in [0.1, 0.15) is 52.8 Å². The van der Waals surface area contributed by atoms with Crippen LogP contribution in [-0.2, 0) is 4.74 Å². The van der Waals surface area contributed by atoms with E-state index in [2.05, 4.69) is 0 Å². The number of hydrogen-bond acceptors (Lipinski definition) is 9. The van der Waals surface area contributed by atoms with Crippen LogP contribution in [0.15, 0.2) is 45.6 Å². The van der Waals surface area contributed by atoms with Gasteiger partial charge in [-0.3, -0.25) is 4.79 Å². The van der Waals surface area contributed by atoms with Crippen molar-refractivity contribution < 1.29 is 39.8 Å². The van der Waals surface area contributed by atoms with E-state index >= 15 is 0 Å². The predicted molar refractivity (Wildman–Crippen MR) is 104 cm³/mol. The van der Waals surface area contributed by atoms with E-state index in [-0.39, 0.29) is 28.0 Å². The second kappa shape index (κ2) is 7.29. The third kappa shape index (κ3) is 3.17. The van der Waals surface area contributed by atoms with Gasteiger partial charge >= 0.3 is 0 Å². The van der Waals surface area contributed by atoms with Gasteiger partial charge in [0.05, 0.1) is 11.7 Å². The highest BCUT2D eigenvalue weighted by Gasteiger charge is 2.44. The monoisotopic (exact) mass is 416 g/mol. The summed E-state index contributed by atoms with van der Waals surface area (Å²) in [6.45, 7) is 1.48. The predicted octanol–water partition coefficient (Wildman–Crippen LogP) is 1.12. The molecule has 1 fully saturated rings. The van der Waals surface area contributed by atoms with Crippen molar-refractivity contribution in [1.29, 1.82) is 0 Å². The van der Waals surface area contributed by atoms with Crippen LogP contribution in [0, 0.1) is 0 Å². The maximum absolute atomic E-state index is 12.7. The molecule has 2 aromatic carbocycles. The zero-order valence-electron chi connectivity index (χ0n) is 15.8. The van der Waals surface area contributed by atoms with Gasteiger partial charge in [-0.2, -0.15) is 0 Å². The van der Waals surface area contributed by atoms with Crippen LogP contribution in [0.3, 0.4) is 0 Å². The molecule has 158 valence electrons. The summed E-state index contributed by atoms with van der Waals surface area (Å²) in [5, 5.41) is 60.5. The third-order valence-corrected chi connectivity index (χ3v) is 5.29. The summed E-state index contributed by atoms with van der Waals surface area (Å²) in [5.74, 6) is -0.960. The fourth-order valence-corrected chi connectivity index (χ4v) is 3.65. The molecule has 6 N–H and O–H groups in total. The molecule has 4 rings (SSSR count). The fourth-order valence-electron chi connectivity index (χ4n) is 3.65. The first-order valence-electron chi connectivity index (χ1n) is 9.20. The second-order valence-corrected chi connectivity index (χ2v) is 7.29. The first kappa shape index (κ1) is 20.2. The molecule has 3 aromatic rings. The van der Waals surface area contributed by atoms with Crippen LogP contribution in [0.25, 0.3) is 22.3 Å². The Morgan fingerprint density at radius 3 is 2.20 bits per heavy atom. The summed E-state index contributed by atoms with van der Waals surface area (Å²) in [7, 11) is 0. The van der Waals surface area contributed by atoms with E-state index in [4.69, 9.17) is 9.15 Å². The molecule has 0 spiro atoms. The van der Waals surface area contributed by atoms with Crippen molar-refractivity contribution in [3.8, 4) is 28.6 Å². The van der Waals surface area contributed by atoms with E-state index in [0.717, 1.165) is 12.1 Å². The highest BCUT2D eigenvalue weighted by molar-refractivity contribution is 5.89. The number of hydrogen-bond donors (Lipinski definition) is 6. The molecule has 5 atom stereocenters. The number of phenols is 3. The van der Waals surface area contributed by atoms with E-state index in [9.17, 15) is 35.4 Å². The zero-order chi connectivity index (χ0) is 21.7. The average Bonchev–Trinajstić information content (AvgIpc) is 2.70. The van der Waals surface area contributed by atoms with Gasteiger partial charge in [0.2, 0.25) is 0 Å². The van der Waals surface area contributed by atoms with E-state index in [0.29, 0.717) is 5.56 Å². The molecule has 2 heterocycles. The summed E-state index contributed by atoms with van der Waals surface area (Å²) in [5.41, 5.74) is -0.555. The van der Waals surface area contributed by atoms with Crippen LogP contribution in [0.4, 0.5) is 0 Å². The number of ether oxygens (including phenoxy) is 1. The van der Waals surface area contributed by atoms with Gasteiger partial charge in [-0.05, 0) is 31.2 Å². The summed E-state index contributed by atoms with van der Waals surface area (Å²) >= 11 is 0. The van der Waals surface area contributed by atoms with Crippen LogP contribution >= 0.6 is 0 Å². The van der Waals surface area contributed by atoms with Gasteiger partial charge in [0, 0.05) is 17.7 Å². The Hall–Kier alpha value is -3.11. The SMILES string of the molecule is C[C@H]1O[C@@H](c2c(O)cc(O)c3c(=O)cc(-c4ccc(O)cc4)oc23)[C@@H](O)[C@@H](O)[C@@H]1O. The van der Waals surface area contributed by atoms with Gasteiger partial charge in [-0.25, -0.2) is 0 Å². The smallest absolute Gasteiger partial charge is 0.197 e. The molecule has 0 radical (unpaired) electrons. The molecule has 1 aliphatic heterocycles. The molecule has 1 saturated heterocycles. The zero-order valence-corrected chi connectivity index (χ0v) is 15.8. The quantitative estimate of drug-likeness (QED) is 0.360. The number of phenolic OH excluding ortho intramolecular Hbond substituents is 3. The van der Waals surface area contributed by atoms with Crippen molar-refractivity contribution in [2.24, 2.45) is 0 Å². The van der Waals surface area contributed by atoms with Crippen LogP contribution < -0.4 is 5.43 Å². The molecular weight excluding hydrogens is 396 g/mol. The van der Waals surface area contributed by atoms with Crippen LogP contribution in [0.5, 0.6) is 17.2 Å². The van der Waals surface area contributed by atoms with Crippen LogP contribution in [-0.4, -0.2) is 55.1 Å². The molecule has 9 heteroatoms. The highest BCUT2D eigenvalue weighted by atomic mass is 16.5. The summed E-state index contributed by atoms with van der Waals surface area (Å²) in [6.07, 6.45) is -6.82. The first-order chi connectivity index (χ1) is 14.2. The Kier molecular flexibility index (Phi) is 4.91. The number of rotatable bonds is 2. The molecule has 30 heavy (non-hydrogen) atoms. The number of fused-ring (bicyclic) bond motifs is 1. The van der Waals surface area contributed by atoms with Crippen molar-refractivity contribution in [3.05, 3.63) is 52.2 Å². The van der Waals surface area contributed by atoms with Crippen molar-refractivity contribution >= 4 is 11.0 Å². The lowest BCUT2D eigenvalue weighted by molar-refractivity contribution is -0.219. The van der Waals surface area contributed by atoms with E-state index in [1.807, 2.05) is 0 Å². The van der Waals surface area contributed by atoms with Crippen molar-refractivity contribution in [3.63, 3.8) is 0 Å². The third-order valence-electron chi connectivity index (χ3n) is 5.29. The lowest BCUT2D eigenvalue weighted by Crippen LogP contribution is -2.53. The summed E-state index contributed by atoms with van der Waals surface area (Å²) < 4.78 is 11.4. The standard InChI is InChI=1S/C21H20O9/c1-8-17(26)18(27)19(28)21(29-8)16-12(24)6-11(23)15-13(25)7-14(30-20(15)16)9-2-4-10(22)5-3-9/h2-8,17-19,21-24,26-28H,1H3/t8-,17-,18+,19+,21+/m1/s1. The Labute approximate surface area is 169 Å². The molecule has 0 unspecified atom stereocenters. The summed E-state index contributed by atoms with van der Waals surface area (Å²) in [6, 6.07) is 7.88. The van der Waals surface area contributed by atoms with Gasteiger partial charge in [0.15, 0.2) is 11.0 Å². The lowest BCUT2D eigenvalue weighted by atomic mass is 9.90. The fraction of sp³-hybridized carbons (Fsp3) is 0.286. The maximum atomic E-state index is 12.7. The molecular formula is C21H20O9. The number of benzene rings is 2. The number of aliphatic hydroxyl groups is 3. The van der Waals surface area contributed by atoms with E-state index < -0.39 is 47.4 Å². The van der Waals surface area contributed by atoms with Gasteiger partial charge < -0.3 is 39.8 Å². The van der Waals surface area contributed by atoms with Crippen molar-refractivity contribution in [1.82, 2.24) is 0 Å². The Morgan fingerprint density at radius 2 is 1.53 bits per heavy atom. The largest absolute Gasteiger partial charge is 0.508 e. The minimum atomic E-state index is -1.64. The van der Waals surface area contributed by atoms with Crippen LogP contribution in [0.1, 0.15) is 18.6 Å². The van der Waals surface area contributed by atoms with E-state index in [1.54, 1.807) is 0 Å². The molecule has 0 saturated carbocycles. The highest BCUT2D eigenvalue weighted by Crippen LogP contribution is 2.43. The maximum Gasteiger partial charge on any atom is 0.197 e. The van der Waals surface area contributed by atoms with Gasteiger partial charge in [-0.1, -0.05) is 0 Å². The van der Waals surface area contributed by atoms with Gasteiger partial charge in [-0.15, -0.1) is 0 Å². The van der Waals surface area contributed by atoms with Crippen LogP contribution in [0.2, 0.25) is 0 Å². The van der Waals surface area contributed by atoms with E-state index in [1.165, 1.54) is 31.2 Å². The first-order valence-corrected chi connectivity index (χ1v) is 9.20.